The standard InChI is InChI=1S/C40H43N3O9S/c1-3-5-25-52-39(49)42-53(50,51)35-14-9-7-12-33(35)30-17-15-27(16-18-30)26-28(4-2)36(45)41-40(38(47)48)23-10-24-43(40)37(46)31-21-19-29(20-22-31)32-11-6-8-13-34(32)44/h6-9,11-22,28,44H,3-5,10,23-26H2,1-2H3,(H,41,45)(H,42,49)(H,47,48)/t28-,40-/m0/s1. The highest BCUT2D eigenvalue weighted by Gasteiger charge is 2.52. The topological polar surface area (TPSA) is 179 Å². The van der Waals surface area contributed by atoms with E-state index in [1.165, 1.54) is 11.0 Å². The Morgan fingerprint density at radius 2 is 1.49 bits per heavy atom. The van der Waals surface area contributed by atoms with Gasteiger partial charge in [0.2, 0.25) is 11.6 Å². The molecular weight excluding hydrogens is 699 g/mol. The Hall–Kier alpha value is -5.69. The number of aliphatic carboxylic acids is 1. The molecule has 2 atom stereocenters. The van der Waals surface area contributed by atoms with Crippen LogP contribution in [0.5, 0.6) is 5.75 Å². The molecular formula is C40H43N3O9S. The molecule has 4 aromatic carbocycles. The van der Waals surface area contributed by atoms with Crippen LogP contribution in [0.1, 0.15) is 61.9 Å². The number of hydrogen-bond donors (Lipinski definition) is 4. The van der Waals surface area contributed by atoms with Gasteiger partial charge in [0.15, 0.2) is 0 Å². The lowest BCUT2D eigenvalue weighted by Gasteiger charge is -2.36. The van der Waals surface area contributed by atoms with Crippen LogP contribution in [0.3, 0.4) is 0 Å². The SMILES string of the molecule is CCCCOC(=O)NS(=O)(=O)c1ccccc1-c1ccc(C[C@H](CC)C(=O)N[C@@]2(C(=O)O)CCCN2C(=O)c2ccc(-c3ccccc3O)cc2)cc1. The summed E-state index contributed by atoms with van der Waals surface area (Å²) in [6.07, 6.45) is 1.38. The number of amides is 3. The van der Waals surface area contributed by atoms with Crippen molar-refractivity contribution in [2.45, 2.75) is 62.9 Å². The molecule has 0 unspecified atom stereocenters. The summed E-state index contributed by atoms with van der Waals surface area (Å²) >= 11 is 0. The van der Waals surface area contributed by atoms with E-state index in [2.05, 4.69) is 5.32 Å². The van der Waals surface area contributed by atoms with Crippen molar-refractivity contribution in [1.82, 2.24) is 14.9 Å². The quantitative estimate of drug-likeness (QED) is 0.107. The van der Waals surface area contributed by atoms with Crippen molar-refractivity contribution in [3.05, 3.63) is 108 Å². The summed E-state index contributed by atoms with van der Waals surface area (Å²) in [5.74, 6) is -2.93. The van der Waals surface area contributed by atoms with E-state index < -0.39 is 45.5 Å². The highest BCUT2D eigenvalue weighted by Crippen LogP contribution is 2.33. The molecule has 1 aliphatic rings. The van der Waals surface area contributed by atoms with Crippen molar-refractivity contribution >= 4 is 33.9 Å². The fourth-order valence-corrected chi connectivity index (χ4v) is 7.56. The smallest absolute Gasteiger partial charge is 0.421 e. The zero-order valence-corrected chi connectivity index (χ0v) is 30.4. The number of carbonyl (C=O) groups is 4. The summed E-state index contributed by atoms with van der Waals surface area (Å²) in [5.41, 5.74) is 1.26. The average molecular weight is 742 g/mol. The molecule has 0 saturated carbocycles. The first-order valence-corrected chi connectivity index (χ1v) is 19.0. The van der Waals surface area contributed by atoms with Crippen LogP contribution in [0, 0.1) is 5.92 Å². The van der Waals surface area contributed by atoms with Gasteiger partial charge in [0.1, 0.15) is 5.75 Å². The molecule has 1 saturated heterocycles. The summed E-state index contributed by atoms with van der Waals surface area (Å²) in [6.45, 7) is 3.97. The van der Waals surface area contributed by atoms with Crippen LogP contribution in [0.25, 0.3) is 22.3 Å². The molecule has 4 aromatic rings. The second kappa shape index (κ2) is 16.8. The van der Waals surface area contributed by atoms with Crippen molar-refractivity contribution in [1.29, 1.82) is 0 Å². The van der Waals surface area contributed by atoms with Crippen LogP contribution in [0.2, 0.25) is 0 Å². The van der Waals surface area contributed by atoms with Crippen molar-refractivity contribution in [2.75, 3.05) is 13.2 Å². The van der Waals surface area contributed by atoms with Crippen LogP contribution in [0.4, 0.5) is 4.79 Å². The number of sulfonamides is 1. The predicted molar refractivity (Wildman–Crippen MR) is 198 cm³/mol. The van der Waals surface area contributed by atoms with Crippen LogP contribution >= 0.6 is 0 Å². The third-order valence-corrected chi connectivity index (χ3v) is 10.8. The minimum Gasteiger partial charge on any atom is -0.507 e. The lowest BCUT2D eigenvalue weighted by molar-refractivity contribution is -0.154. The minimum absolute atomic E-state index is 0.0363. The molecule has 0 aromatic heterocycles. The maximum absolute atomic E-state index is 13.7. The number of phenolic OH excluding ortho intramolecular Hbond substituents is 1. The van der Waals surface area contributed by atoms with Gasteiger partial charge in [0, 0.05) is 35.6 Å². The first kappa shape index (κ1) is 38.5. The van der Waals surface area contributed by atoms with E-state index in [0.29, 0.717) is 41.5 Å². The molecule has 1 fully saturated rings. The molecule has 53 heavy (non-hydrogen) atoms. The number of rotatable bonds is 14. The van der Waals surface area contributed by atoms with E-state index in [0.717, 1.165) is 12.0 Å². The van der Waals surface area contributed by atoms with Crippen molar-refractivity contribution in [3.63, 3.8) is 0 Å². The van der Waals surface area contributed by atoms with Crippen LogP contribution in [0.15, 0.2) is 102 Å². The highest BCUT2D eigenvalue weighted by molar-refractivity contribution is 7.90. The zero-order valence-electron chi connectivity index (χ0n) is 29.6. The maximum atomic E-state index is 13.7. The molecule has 1 aliphatic heterocycles. The van der Waals surface area contributed by atoms with Gasteiger partial charge in [-0.15, -0.1) is 0 Å². The van der Waals surface area contributed by atoms with E-state index in [1.807, 2.05) is 18.6 Å². The number of carbonyl (C=O) groups excluding carboxylic acids is 3. The molecule has 1 heterocycles. The minimum atomic E-state index is -4.25. The fraction of sp³-hybridized carbons (Fsp3) is 0.300. The molecule has 4 N–H and O–H groups in total. The molecule has 0 aliphatic carbocycles. The zero-order chi connectivity index (χ0) is 38.2. The molecule has 12 nitrogen and oxygen atoms in total. The lowest BCUT2D eigenvalue weighted by Crippen LogP contribution is -2.64. The lowest BCUT2D eigenvalue weighted by atomic mass is 9.93. The monoisotopic (exact) mass is 741 g/mol. The second-order valence-electron chi connectivity index (χ2n) is 12.9. The number of benzene rings is 4. The van der Waals surface area contributed by atoms with E-state index in [9.17, 15) is 37.8 Å². The van der Waals surface area contributed by atoms with Gasteiger partial charge in [-0.1, -0.05) is 93.1 Å². The maximum Gasteiger partial charge on any atom is 0.421 e. The number of unbranched alkanes of at least 4 members (excludes halogenated alkanes) is 1. The Morgan fingerprint density at radius 3 is 2.13 bits per heavy atom. The Kier molecular flexibility index (Phi) is 12.2. The Bertz CT molecular complexity index is 2070. The number of ether oxygens (including phenoxy) is 1. The summed E-state index contributed by atoms with van der Waals surface area (Å²) in [6, 6.07) is 26.5. The molecule has 0 spiro atoms. The largest absolute Gasteiger partial charge is 0.507 e. The van der Waals surface area contributed by atoms with Crippen LogP contribution in [-0.4, -0.2) is 66.2 Å². The second-order valence-corrected chi connectivity index (χ2v) is 14.6. The van der Waals surface area contributed by atoms with Gasteiger partial charge < -0.3 is 25.2 Å². The molecule has 0 bridgehead atoms. The van der Waals surface area contributed by atoms with Crippen molar-refractivity contribution in [2.24, 2.45) is 5.92 Å². The van der Waals surface area contributed by atoms with E-state index in [1.54, 1.807) is 91.0 Å². The number of phenols is 1. The Morgan fingerprint density at radius 1 is 0.868 bits per heavy atom. The first-order chi connectivity index (χ1) is 25.4. The third kappa shape index (κ3) is 8.69. The van der Waals surface area contributed by atoms with Crippen molar-refractivity contribution < 1.29 is 42.5 Å². The van der Waals surface area contributed by atoms with Gasteiger partial charge in [0.05, 0.1) is 11.5 Å². The number of aromatic hydroxyl groups is 1. The van der Waals surface area contributed by atoms with Crippen LogP contribution < -0.4 is 10.0 Å². The Balaban J connectivity index is 1.29. The molecule has 3 amide bonds. The van der Waals surface area contributed by atoms with Gasteiger partial charge in [-0.25, -0.2) is 22.7 Å². The first-order valence-electron chi connectivity index (χ1n) is 17.5. The Labute approximate surface area is 308 Å². The number of carboxylic acid groups (broad SMARTS) is 1. The van der Waals surface area contributed by atoms with E-state index >= 15 is 0 Å². The summed E-state index contributed by atoms with van der Waals surface area (Å²) in [7, 11) is -4.25. The number of carboxylic acids is 1. The summed E-state index contributed by atoms with van der Waals surface area (Å²) < 4.78 is 33.1. The average Bonchev–Trinajstić information content (AvgIpc) is 3.58. The number of nitrogens with zero attached hydrogens (tertiary/aromatic N) is 1. The highest BCUT2D eigenvalue weighted by atomic mass is 32.2. The molecule has 13 heteroatoms. The number of para-hydroxylation sites is 1. The molecule has 278 valence electrons. The molecule has 0 radical (unpaired) electrons. The number of nitrogens with one attached hydrogen (secondary N) is 2. The van der Waals surface area contributed by atoms with Gasteiger partial charge in [-0.2, -0.15) is 0 Å². The van der Waals surface area contributed by atoms with Gasteiger partial charge in [-0.3, -0.25) is 9.59 Å². The van der Waals surface area contributed by atoms with E-state index in [4.69, 9.17) is 4.74 Å². The number of likely N-dealkylation sites (tertiary alicyclic amines) is 1. The normalized spacial score (nSPS) is 16.1. The number of hydrogen-bond acceptors (Lipinski definition) is 8. The third-order valence-electron chi connectivity index (χ3n) is 9.39. The van der Waals surface area contributed by atoms with E-state index in [-0.39, 0.29) is 42.2 Å². The van der Waals surface area contributed by atoms with Crippen molar-refractivity contribution in [3.8, 4) is 28.0 Å². The van der Waals surface area contributed by atoms with Gasteiger partial charge in [-0.05, 0) is 66.6 Å². The molecule has 5 rings (SSSR count). The van der Waals surface area contributed by atoms with Gasteiger partial charge in [0.25, 0.3) is 15.9 Å². The fourth-order valence-electron chi connectivity index (χ4n) is 6.44. The predicted octanol–water partition coefficient (Wildman–Crippen LogP) is 6.34. The van der Waals surface area contributed by atoms with Gasteiger partial charge >= 0.3 is 12.1 Å². The summed E-state index contributed by atoms with van der Waals surface area (Å²) in [4.78, 5) is 53.5. The van der Waals surface area contributed by atoms with Crippen LogP contribution in [-0.2, 0) is 30.8 Å². The summed E-state index contributed by atoms with van der Waals surface area (Å²) in [5, 5.41) is 23.4.